The lowest BCUT2D eigenvalue weighted by molar-refractivity contribution is -0.144. The number of carbonyl (C=O) groups excluding carboxylic acids is 5. The van der Waals surface area contributed by atoms with Crippen LogP contribution in [-0.2, 0) is 19.2 Å². The van der Waals surface area contributed by atoms with Crippen LogP contribution in [0.15, 0.2) is 17.4 Å². The van der Waals surface area contributed by atoms with Crippen molar-refractivity contribution in [2.45, 2.75) is 87.0 Å². The molecule has 0 bridgehead atoms. The van der Waals surface area contributed by atoms with Gasteiger partial charge in [-0.15, -0.1) is 11.6 Å². The SMILES string of the molecule is CC(=O)Oc1cc2c(c(OC(C)=O)c1C(=O)CCCCCl)C(CC(C)C)C1=C(O2)C(C)(C)C(=O)C(C)(C)C1=O. The van der Waals surface area contributed by atoms with Gasteiger partial charge in [-0.25, -0.2) is 0 Å². The molecule has 8 nitrogen and oxygen atoms in total. The molecule has 0 aromatic heterocycles. The number of Topliss-reactive ketones (excluding diaryl/α,β-unsaturated/α-hetero) is 3. The van der Waals surface area contributed by atoms with Crippen LogP contribution in [0.3, 0.4) is 0 Å². The van der Waals surface area contributed by atoms with Crippen LogP contribution in [0.2, 0.25) is 0 Å². The molecule has 39 heavy (non-hydrogen) atoms. The Hall–Kier alpha value is -3.00. The molecule has 0 spiro atoms. The van der Waals surface area contributed by atoms with Gasteiger partial charge in [0.2, 0.25) is 0 Å². The summed E-state index contributed by atoms with van der Waals surface area (Å²) in [4.78, 5) is 65.3. The van der Waals surface area contributed by atoms with Crippen LogP contribution in [-0.4, -0.2) is 35.2 Å². The zero-order chi connectivity index (χ0) is 29.4. The topological polar surface area (TPSA) is 113 Å². The standard InChI is InChI=1S/C30H37ClO8/c1-15(2)13-18-22-20(39-27-23(18)26(35)29(5,6)28(36)30(27,7)8)14-21(37-16(3)32)24(25(22)38-17(4)33)19(34)11-9-10-12-31/h14-15,18H,9-13H2,1-8H3. The predicted molar refractivity (Wildman–Crippen MR) is 145 cm³/mol. The number of carbonyl (C=O) groups is 5. The fraction of sp³-hybridized carbons (Fsp3) is 0.567. The molecule has 1 aromatic carbocycles. The molecule has 0 fully saturated rings. The van der Waals surface area contributed by atoms with Crippen molar-refractivity contribution in [3.05, 3.63) is 28.5 Å². The van der Waals surface area contributed by atoms with E-state index in [4.69, 9.17) is 25.8 Å². The first-order valence-electron chi connectivity index (χ1n) is 13.2. The number of alkyl halides is 1. The largest absolute Gasteiger partial charge is 0.460 e. The first-order chi connectivity index (χ1) is 18.0. The Morgan fingerprint density at radius 3 is 2.15 bits per heavy atom. The first-order valence-corrected chi connectivity index (χ1v) is 13.8. The summed E-state index contributed by atoms with van der Waals surface area (Å²) in [6, 6.07) is 1.42. The van der Waals surface area contributed by atoms with Gasteiger partial charge in [0.15, 0.2) is 23.1 Å². The number of hydrogen-bond acceptors (Lipinski definition) is 8. The third-order valence-electron chi connectivity index (χ3n) is 7.19. The van der Waals surface area contributed by atoms with E-state index in [1.165, 1.54) is 19.9 Å². The van der Waals surface area contributed by atoms with E-state index in [2.05, 4.69) is 0 Å². The highest BCUT2D eigenvalue weighted by Gasteiger charge is 2.57. The zero-order valence-corrected chi connectivity index (χ0v) is 24.7. The molecule has 1 unspecified atom stereocenters. The summed E-state index contributed by atoms with van der Waals surface area (Å²) < 4.78 is 17.4. The highest BCUT2D eigenvalue weighted by Crippen LogP contribution is 2.57. The van der Waals surface area contributed by atoms with Crippen molar-refractivity contribution in [3.8, 4) is 17.2 Å². The lowest BCUT2D eigenvalue weighted by Gasteiger charge is -2.45. The minimum atomic E-state index is -1.31. The molecule has 3 rings (SSSR count). The molecule has 2 aliphatic rings. The van der Waals surface area contributed by atoms with Crippen molar-refractivity contribution in [2.75, 3.05) is 5.88 Å². The molecular weight excluding hydrogens is 524 g/mol. The molecule has 1 aromatic rings. The van der Waals surface area contributed by atoms with Gasteiger partial charge in [-0.05, 0) is 52.9 Å². The van der Waals surface area contributed by atoms with Crippen LogP contribution >= 0.6 is 11.6 Å². The molecule has 0 saturated heterocycles. The van der Waals surface area contributed by atoms with Crippen LogP contribution in [0.5, 0.6) is 17.2 Å². The van der Waals surface area contributed by atoms with Gasteiger partial charge in [0.05, 0.1) is 10.8 Å². The predicted octanol–water partition coefficient (Wildman–Crippen LogP) is 6.11. The smallest absolute Gasteiger partial charge is 0.308 e. The number of ether oxygens (including phenoxy) is 3. The number of ketones is 3. The zero-order valence-electron chi connectivity index (χ0n) is 23.9. The van der Waals surface area contributed by atoms with Gasteiger partial charge in [-0.2, -0.15) is 0 Å². The molecule has 1 heterocycles. The van der Waals surface area contributed by atoms with Crippen LogP contribution in [0.1, 0.15) is 103 Å². The van der Waals surface area contributed by atoms with Crippen LogP contribution in [0.25, 0.3) is 0 Å². The molecule has 0 saturated carbocycles. The fourth-order valence-electron chi connectivity index (χ4n) is 5.52. The maximum absolute atomic E-state index is 13.9. The lowest BCUT2D eigenvalue weighted by Crippen LogP contribution is -2.51. The number of unbranched alkanes of at least 4 members (excludes halogenated alkanes) is 1. The minimum absolute atomic E-state index is 0.0621. The van der Waals surface area contributed by atoms with Gasteiger partial charge in [0.1, 0.15) is 22.8 Å². The van der Waals surface area contributed by atoms with Crippen molar-refractivity contribution in [1.29, 1.82) is 0 Å². The Labute approximate surface area is 234 Å². The summed E-state index contributed by atoms with van der Waals surface area (Å²) >= 11 is 5.80. The Balaban J connectivity index is 2.42. The van der Waals surface area contributed by atoms with Gasteiger partial charge in [-0.1, -0.05) is 13.8 Å². The van der Waals surface area contributed by atoms with E-state index in [0.29, 0.717) is 36.3 Å². The van der Waals surface area contributed by atoms with Gasteiger partial charge >= 0.3 is 11.9 Å². The van der Waals surface area contributed by atoms with E-state index < -0.39 is 34.5 Å². The monoisotopic (exact) mass is 560 g/mol. The second-order valence-corrected chi connectivity index (χ2v) is 12.1. The van der Waals surface area contributed by atoms with Crippen molar-refractivity contribution in [3.63, 3.8) is 0 Å². The number of halogens is 1. The fourth-order valence-corrected chi connectivity index (χ4v) is 5.71. The van der Waals surface area contributed by atoms with Gasteiger partial charge in [-0.3, -0.25) is 24.0 Å². The minimum Gasteiger partial charge on any atom is -0.460 e. The maximum atomic E-state index is 13.9. The Bertz CT molecular complexity index is 1270. The highest BCUT2D eigenvalue weighted by atomic mass is 35.5. The summed E-state index contributed by atoms with van der Waals surface area (Å²) in [5, 5.41) is 0. The van der Waals surface area contributed by atoms with Crippen molar-refractivity contribution < 1.29 is 38.2 Å². The van der Waals surface area contributed by atoms with Crippen LogP contribution in [0, 0.1) is 16.7 Å². The average molecular weight is 561 g/mol. The third kappa shape index (κ3) is 5.67. The number of hydrogen-bond donors (Lipinski definition) is 0. The number of allylic oxidation sites excluding steroid dienone is 2. The summed E-state index contributed by atoms with van der Waals surface area (Å²) in [6.45, 7) is 13.0. The molecule has 1 aliphatic carbocycles. The summed E-state index contributed by atoms with van der Waals surface area (Å²) in [5.74, 6) is -2.44. The highest BCUT2D eigenvalue weighted by molar-refractivity contribution is 6.20. The second-order valence-electron chi connectivity index (χ2n) is 11.7. The van der Waals surface area contributed by atoms with E-state index in [1.807, 2.05) is 13.8 Å². The molecule has 0 N–H and O–H groups in total. The second kappa shape index (κ2) is 11.2. The number of fused-ring (bicyclic) bond motifs is 1. The lowest BCUT2D eigenvalue weighted by atomic mass is 9.59. The molecule has 9 heteroatoms. The average Bonchev–Trinajstić information content (AvgIpc) is 2.80. The Morgan fingerprint density at radius 1 is 1.00 bits per heavy atom. The quantitative estimate of drug-likeness (QED) is 0.0887. The number of benzene rings is 1. The maximum Gasteiger partial charge on any atom is 0.308 e. The summed E-state index contributed by atoms with van der Waals surface area (Å²) in [7, 11) is 0. The summed E-state index contributed by atoms with van der Waals surface area (Å²) in [6.07, 6.45) is 1.59. The first kappa shape index (κ1) is 30.5. The number of esters is 2. The molecule has 1 atom stereocenters. The van der Waals surface area contributed by atoms with Crippen LogP contribution < -0.4 is 14.2 Å². The molecule has 0 amide bonds. The molecular formula is C30H37ClO8. The summed E-state index contributed by atoms with van der Waals surface area (Å²) in [5.41, 5.74) is -1.83. The van der Waals surface area contributed by atoms with E-state index >= 15 is 0 Å². The molecule has 1 aliphatic heterocycles. The van der Waals surface area contributed by atoms with E-state index in [-0.39, 0.29) is 52.5 Å². The Morgan fingerprint density at radius 2 is 1.62 bits per heavy atom. The van der Waals surface area contributed by atoms with Gasteiger partial charge in [0, 0.05) is 49.3 Å². The normalized spacial score (nSPS) is 19.3. The van der Waals surface area contributed by atoms with E-state index in [0.717, 1.165) is 0 Å². The molecule has 0 radical (unpaired) electrons. The van der Waals surface area contributed by atoms with E-state index in [1.54, 1.807) is 27.7 Å². The van der Waals surface area contributed by atoms with E-state index in [9.17, 15) is 24.0 Å². The third-order valence-corrected chi connectivity index (χ3v) is 7.45. The van der Waals surface area contributed by atoms with Gasteiger partial charge < -0.3 is 14.2 Å². The van der Waals surface area contributed by atoms with Crippen molar-refractivity contribution in [1.82, 2.24) is 0 Å². The number of rotatable bonds is 9. The van der Waals surface area contributed by atoms with Crippen molar-refractivity contribution >= 4 is 40.9 Å². The van der Waals surface area contributed by atoms with Gasteiger partial charge in [0.25, 0.3) is 0 Å². The van der Waals surface area contributed by atoms with Crippen molar-refractivity contribution in [2.24, 2.45) is 16.7 Å². The Kier molecular flexibility index (Phi) is 8.80. The molecule has 212 valence electrons. The van der Waals surface area contributed by atoms with Crippen LogP contribution in [0.4, 0.5) is 0 Å².